The molecule has 13 heteroatoms. The minimum atomic E-state index is -4.65. The van der Waals surface area contributed by atoms with E-state index < -0.39 is 23.7 Å². The molecule has 1 aliphatic rings. The summed E-state index contributed by atoms with van der Waals surface area (Å²) in [5, 5.41) is 18.3. The molecule has 3 amide bonds. The molecule has 0 aliphatic heterocycles. The summed E-state index contributed by atoms with van der Waals surface area (Å²) in [5.74, 6) is -0.127. The average molecular weight is 632 g/mol. The van der Waals surface area contributed by atoms with Gasteiger partial charge in [0, 0.05) is 23.8 Å². The van der Waals surface area contributed by atoms with Crippen LogP contribution in [0.25, 0.3) is 0 Å². The second kappa shape index (κ2) is 15.2. The highest BCUT2D eigenvalue weighted by Gasteiger charge is 2.36. The Morgan fingerprint density at radius 3 is 2.29 bits per heavy atom. The number of rotatable bonds is 10. The first-order valence-electron chi connectivity index (χ1n) is 14.9. The van der Waals surface area contributed by atoms with Crippen molar-refractivity contribution >= 4 is 23.6 Å². The normalized spacial score (nSPS) is 16.8. The smallest absolute Gasteiger partial charge is 0.420 e. The predicted octanol–water partition coefficient (Wildman–Crippen LogP) is 7.92. The van der Waals surface area contributed by atoms with Crippen LogP contribution < -0.4 is 15.4 Å². The fraction of sp³-hybridized carbons (Fsp3) is 0.531. The number of urea groups is 1. The van der Waals surface area contributed by atoms with E-state index in [2.05, 4.69) is 52.0 Å². The lowest BCUT2D eigenvalue weighted by Gasteiger charge is -2.41. The Kier molecular flexibility index (Phi) is 11.9. The third-order valence-electron chi connectivity index (χ3n) is 8.05. The van der Waals surface area contributed by atoms with E-state index >= 15 is 0 Å². The van der Waals surface area contributed by atoms with Gasteiger partial charge >= 0.3 is 12.2 Å². The van der Waals surface area contributed by atoms with Gasteiger partial charge in [0.25, 0.3) is 11.9 Å². The third kappa shape index (κ3) is 9.66. The number of hydrogen-bond donors (Lipinski definition) is 3. The van der Waals surface area contributed by atoms with Gasteiger partial charge < -0.3 is 15.0 Å². The first-order chi connectivity index (χ1) is 20.8. The van der Waals surface area contributed by atoms with Gasteiger partial charge in [0.2, 0.25) is 0 Å². The Hall–Kier alpha value is -4.16. The molecule has 3 N–H and O–H groups in total. The number of nitrogens with zero attached hydrogens (tertiary/aromatic N) is 4. The van der Waals surface area contributed by atoms with Crippen molar-refractivity contribution in [3.8, 4) is 5.75 Å². The number of amides is 3. The molecule has 10 nitrogen and oxygen atoms in total. The van der Waals surface area contributed by atoms with Crippen LogP contribution in [-0.4, -0.2) is 50.1 Å². The maximum atomic E-state index is 13.9. The van der Waals surface area contributed by atoms with Crippen LogP contribution in [0.3, 0.4) is 0 Å². The van der Waals surface area contributed by atoms with Crippen molar-refractivity contribution in [2.75, 3.05) is 17.2 Å². The van der Waals surface area contributed by atoms with Gasteiger partial charge in [-0.15, -0.1) is 5.10 Å². The highest BCUT2D eigenvalue weighted by atomic mass is 19.4. The van der Waals surface area contributed by atoms with Gasteiger partial charge in [-0.05, 0) is 84.5 Å². The molecule has 3 aromatic rings. The van der Waals surface area contributed by atoms with E-state index in [4.69, 9.17) is 4.74 Å². The van der Waals surface area contributed by atoms with Gasteiger partial charge in [0.05, 0.1) is 12.2 Å². The Morgan fingerprint density at radius 1 is 1.02 bits per heavy atom. The van der Waals surface area contributed by atoms with Gasteiger partial charge in [-0.3, -0.25) is 10.1 Å². The van der Waals surface area contributed by atoms with Crippen molar-refractivity contribution in [2.24, 2.45) is 11.3 Å². The van der Waals surface area contributed by atoms with Crippen molar-refractivity contribution in [3.05, 3.63) is 59.2 Å². The Balaban J connectivity index is 0.00000552. The van der Waals surface area contributed by atoms with Crippen molar-refractivity contribution in [1.82, 2.24) is 25.5 Å². The summed E-state index contributed by atoms with van der Waals surface area (Å²) in [6, 6.07) is 9.77. The van der Waals surface area contributed by atoms with E-state index in [1.165, 1.54) is 12.1 Å². The molecular formula is C32H44F3N7O3. The number of nitrogens with one attached hydrogen (secondary N) is 3. The number of unbranched alkanes of at least 4 members (excludes halogenated alkanes) is 1. The molecule has 1 aromatic heterocycles. The summed E-state index contributed by atoms with van der Waals surface area (Å²) in [6.45, 7) is 8.96. The minimum Gasteiger partial charge on any atom is -0.493 e. The standard InChI is InChI=1S/C31H40F3N7O3.CH4/c1-5-6-17-44-26-16-13-23(18-25(26)31(32,33)34)35-29(43)41(24-14-11-22(12-15-24)30(2,3)4)19-20-7-9-21(10-8-20)27(42)36-28-37-39-40-38-28;/h7-10,13,16,18,22,24H,5-6,11-12,14-15,17,19H2,1-4H3,(H,35,43)(H2,36,37,38,39,40,42);1H4. The summed E-state index contributed by atoms with van der Waals surface area (Å²) in [4.78, 5) is 27.9. The first-order valence-corrected chi connectivity index (χ1v) is 14.9. The monoisotopic (exact) mass is 631 g/mol. The molecule has 0 bridgehead atoms. The number of ether oxygens (including phenoxy) is 1. The maximum Gasteiger partial charge on any atom is 0.420 e. The number of hydrogen-bond acceptors (Lipinski definition) is 6. The molecule has 1 heterocycles. The summed E-state index contributed by atoms with van der Waals surface area (Å²) >= 11 is 0. The van der Waals surface area contributed by atoms with Crippen LogP contribution in [0, 0.1) is 11.3 Å². The lowest BCUT2D eigenvalue weighted by Crippen LogP contribution is -2.45. The van der Waals surface area contributed by atoms with Crippen LogP contribution in [0.5, 0.6) is 5.75 Å². The second-order valence-electron chi connectivity index (χ2n) is 12.2. The summed E-state index contributed by atoms with van der Waals surface area (Å²) < 4.78 is 47.1. The number of tetrazole rings is 1. The molecular weight excluding hydrogens is 587 g/mol. The zero-order valence-corrected chi connectivity index (χ0v) is 25.5. The van der Waals surface area contributed by atoms with E-state index in [0.29, 0.717) is 17.9 Å². The third-order valence-corrected chi connectivity index (χ3v) is 8.05. The summed E-state index contributed by atoms with van der Waals surface area (Å²) in [7, 11) is 0. The quantitative estimate of drug-likeness (QED) is 0.195. The topological polar surface area (TPSA) is 125 Å². The van der Waals surface area contributed by atoms with Crippen molar-refractivity contribution in [2.45, 2.75) is 92.4 Å². The molecule has 1 aliphatic carbocycles. The second-order valence-corrected chi connectivity index (χ2v) is 12.2. The van der Waals surface area contributed by atoms with E-state index in [1.807, 2.05) is 6.92 Å². The van der Waals surface area contributed by atoms with E-state index in [0.717, 1.165) is 43.7 Å². The van der Waals surface area contributed by atoms with Gasteiger partial charge in [0.1, 0.15) is 5.75 Å². The molecule has 0 unspecified atom stereocenters. The van der Waals surface area contributed by atoms with Gasteiger partial charge in [-0.1, -0.05) is 58.8 Å². The Labute approximate surface area is 262 Å². The zero-order valence-electron chi connectivity index (χ0n) is 25.5. The van der Waals surface area contributed by atoms with Crippen LogP contribution >= 0.6 is 0 Å². The highest BCUT2D eigenvalue weighted by Crippen LogP contribution is 2.40. The number of aromatic amines is 1. The molecule has 246 valence electrons. The van der Waals surface area contributed by atoms with Crippen LogP contribution in [0.1, 0.15) is 95.1 Å². The van der Waals surface area contributed by atoms with Crippen LogP contribution in [-0.2, 0) is 12.7 Å². The van der Waals surface area contributed by atoms with Gasteiger partial charge in [-0.25, -0.2) is 4.79 Å². The summed E-state index contributed by atoms with van der Waals surface area (Å²) in [5.41, 5.74) is 0.377. The fourth-order valence-electron chi connectivity index (χ4n) is 5.44. The van der Waals surface area contributed by atoms with Crippen LogP contribution in [0.15, 0.2) is 42.5 Å². The average Bonchev–Trinajstić information content (AvgIpc) is 3.49. The van der Waals surface area contributed by atoms with Gasteiger partial charge in [-0.2, -0.15) is 18.4 Å². The fourth-order valence-corrected chi connectivity index (χ4v) is 5.44. The molecule has 0 radical (unpaired) electrons. The number of carbonyl (C=O) groups is 2. The number of halogens is 3. The lowest BCUT2D eigenvalue weighted by atomic mass is 9.71. The van der Waals surface area contributed by atoms with Crippen LogP contribution in [0.4, 0.5) is 29.6 Å². The maximum absolute atomic E-state index is 13.9. The molecule has 45 heavy (non-hydrogen) atoms. The largest absolute Gasteiger partial charge is 0.493 e. The van der Waals surface area contributed by atoms with Gasteiger partial charge in [0.15, 0.2) is 0 Å². The number of benzene rings is 2. The van der Waals surface area contributed by atoms with E-state index in [-0.39, 0.29) is 49.4 Å². The molecule has 0 spiro atoms. The first kappa shape index (κ1) is 35.3. The number of H-pyrrole nitrogens is 1. The molecule has 0 saturated heterocycles. The number of carbonyl (C=O) groups excluding carboxylic acids is 2. The van der Waals surface area contributed by atoms with E-state index in [9.17, 15) is 22.8 Å². The number of alkyl halides is 3. The molecule has 2 aromatic carbocycles. The SMILES string of the molecule is C.CCCCOc1ccc(NC(=O)N(Cc2ccc(C(=O)Nc3nn[nH]n3)cc2)C2CCC(C(C)(C)C)CC2)cc1C(F)(F)F. The van der Waals surface area contributed by atoms with E-state index in [1.54, 1.807) is 29.2 Å². The molecule has 4 rings (SSSR count). The van der Waals surface area contributed by atoms with Crippen molar-refractivity contribution in [1.29, 1.82) is 0 Å². The lowest BCUT2D eigenvalue weighted by molar-refractivity contribution is -0.138. The Bertz CT molecular complexity index is 1380. The zero-order chi connectivity index (χ0) is 31.9. The molecule has 1 saturated carbocycles. The summed E-state index contributed by atoms with van der Waals surface area (Å²) in [6.07, 6.45) is 0.207. The Morgan fingerprint density at radius 2 is 1.71 bits per heavy atom. The number of anilines is 2. The minimum absolute atomic E-state index is 0. The number of aromatic nitrogens is 4. The highest BCUT2D eigenvalue weighted by molar-refractivity contribution is 6.03. The molecule has 0 atom stereocenters. The van der Waals surface area contributed by atoms with Crippen LogP contribution in [0.2, 0.25) is 0 Å². The van der Waals surface area contributed by atoms with Crippen molar-refractivity contribution < 1.29 is 27.5 Å². The molecule has 1 fully saturated rings. The van der Waals surface area contributed by atoms with Crippen molar-refractivity contribution in [3.63, 3.8) is 0 Å². The predicted molar refractivity (Wildman–Crippen MR) is 167 cm³/mol.